The highest BCUT2D eigenvalue weighted by atomic mass is 16.5. The number of likely N-dealkylation sites (N-methyl/N-ethyl adjacent to an activating group) is 1. The van der Waals surface area contributed by atoms with E-state index in [1.54, 1.807) is 0 Å². The van der Waals surface area contributed by atoms with Crippen molar-refractivity contribution in [3.8, 4) is 0 Å². The summed E-state index contributed by atoms with van der Waals surface area (Å²) >= 11 is 0. The molecule has 0 radical (unpaired) electrons. The zero-order valence-electron chi connectivity index (χ0n) is 7.53. The van der Waals surface area contributed by atoms with Crippen LogP contribution in [0.4, 0.5) is 0 Å². The first-order valence-electron chi connectivity index (χ1n) is 3.78. The van der Waals surface area contributed by atoms with Crippen LogP contribution in [0.5, 0.6) is 0 Å². The summed E-state index contributed by atoms with van der Waals surface area (Å²) in [5.74, 6) is 0. The Morgan fingerprint density at radius 2 is 1.90 bits per heavy atom. The quantitative estimate of drug-likeness (QED) is 0.601. The zero-order chi connectivity index (χ0) is 8.04. The summed E-state index contributed by atoms with van der Waals surface area (Å²) in [6, 6.07) is 0. The van der Waals surface area contributed by atoms with Crippen molar-refractivity contribution in [2.75, 3.05) is 26.8 Å². The molecule has 0 saturated heterocycles. The van der Waals surface area contributed by atoms with Crippen LogP contribution in [0, 0.1) is 5.41 Å². The zero-order valence-corrected chi connectivity index (χ0v) is 7.53. The molecular weight excluding hydrogens is 126 g/mol. The molecule has 0 aliphatic rings. The summed E-state index contributed by atoms with van der Waals surface area (Å²) < 4.78 is 5.38. The molecule has 0 aromatic heterocycles. The van der Waals surface area contributed by atoms with Crippen molar-refractivity contribution in [2.45, 2.75) is 20.8 Å². The molecule has 62 valence electrons. The van der Waals surface area contributed by atoms with E-state index in [1.165, 1.54) is 0 Å². The Labute approximate surface area is 64.0 Å². The molecule has 2 nitrogen and oxygen atoms in total. The molecule has 0 fully saturated rings. The van der Waals surface area contributed by atoms with E-state index < -0.39 is 0 Å². The van der Waals surface area contributed by atoms with E-state index in [9.17, 15) is 0 Å². The van der Waals surface area contributed by atoms with Gasteiger partial charge in [0.15, 0.2) is 0 Å². The van der Waals surface area contributed by atoms with Gasteiger partial charge in [-0.3, -0.25) is 0 Å². The fraction of sp³-hybridized carbons (Fsp3) is 1.00. The van der Waals surface area contributed by atoms with Gasteiger partial charge >= 0.3 is 0 Å². The lowest BCUT2D eigenvalue weighted by atomic mass is 9.99. The summed E-state index contributed by atoms with van der Waals surface area (Å²) in [5.41, 5.74) is 0.299. The monoisotopic (exact) mass is 145 g/mol. The van der Waals surface area contributed by atoms with Crippen LogP contribution in [0.15, 0.2) is 0 Å². The summed E-state index contributed by atoms with van der Waals surface area (Å²) in [5, 5.41) is 3.03. The Balaban J connectivity index is 3.04. The maximum absolute atomic E-state index is 5.38. The van der Waals surface area contributed by atoms with E-state index >= 15 is 0 Å². The normalized spacial score (nSPS) is 12.0. The van der Waals surface area contributed by atoms with Crippen LogP contribution in [0.1, 0.15) is 20.8 Å². The van der Waals surface area contributed by atoms with Gasteiger partial charge in [-0.2, -0.15) is 0 Å². The molecule has 0 aliphatic carbocycles. The molecule has 0 saturated carbocycles. The Hall–Kier alpha value is -0.0800. The van der Waals surface area contributed by atoms with Crippen molar-refractivity contribution >= 4 is 0 Å². The molecule has 0 rings (SSSR count). The smallest absolute Gasteiger partial charge is 0.0591 e. The van der Waals surface area contributed by atoms with Crippen LogP contribution in [0.2, 0.25) is 0 Å². The van der Waals surface area contributed by atoms with Gasteiger partial charge in [-0.15, -0.1) is 0 Å². The number of hydrogen-bond donors (Lipinski definition) is 1. The summed E-state index contributed by atoms with van der Waals surface area (Å²) in [4.78, 5) is 0. The van der Waals surface area contributed by atoms with Gasteiger partial charge in [0.1, 0.15) is 0 Å². The molecule has 0 bridgehead atoms. The minimum Gasteiger partial charge on any atom is -0.380 e. The van der Waals surface area contributed by atoms with Gasteiger partial charge in [0.25, 0.3) is 0 Å². The molecule has 10 heavy (non-hydrogen) atoms. The predicted molar refractivity (Wildman–Crippen MR) is 44.2 cm³/mol. The highest BCUT2D eigenvalue weighted by Gasteiger charge is 2.08. The lowest BCUT2D eigenvalue weighted by molar-refractivity contribution is 0.0738. The van der Waals surface area contributed by atoms with E-state index in [0.29, 0.717) is 5.41 Å². The molecule has 0 unspecified atom stereocenters. The molecule has 0 aromatic carbocycles. The Morgan fingerprint density at radius 3 is 2.30 bits per heavy atom. The fourth-order valence-electron chi connectivity index (χ4n) is 0.553. The minimum absolute atomic E-state index is 0.299. The lowest BCUT2D eigenvalue weighted by Crippen LogP contribution is -2.20. The van der Waals surface area contributed by atoms with Gasteiger partial charge < -0.3 is 10.1 Å². The number of nitrogens with one attached hydrogen (secondary N) is 1. The highest BCUT2D eigenvalue weighted by molar-refractivity contribution is 4.58. The van der Waals surface area contributed by atoms with Gasteiger partial charge in [-0.1, -0.05) is 20.8 Å². The van der Waals surface area contributed by atoms with Crippen molar-refractivity contribution in [3.05, 3.63) is 0 Å². The lowest BCUT2D eigenvalue weighted by Gasteiger charge is -2.17. The largest absolute Gasteiger partial charge is 0.380 e. The standard InChI is InChI=1S/C8H19NO/c1-8(2,3)7-10-6-5-9-4/h9H,5-7H2,1-4H3. The third-order valence-corrected chi connectivity index (χ3v) is 1.03. The molecule has 0 atom stereocenters. The average Bonchev–Trinajstić information content (AvgIpc) is 1.78. The summed E-state index contributed by atoms with van der Waals surface area (Å²) in [7, 11) is 1.93. The molecule has 0 aromatic rings. The second kappa shape index (κ2) is 4.69. The topological polar surface area (TPSA) is 21.3 Å². The van der Waals surface area contributed by atoms with Gasteiger partial charge in [0, 0.05) is 6.54 Å². The van der Waals surface area contributed by atoms with Crippen LogP contribution >= 0.6 is 0 Å². The minimum atomic E-state index is 0.299. The van der Waals surface area contributed by atoms with E-state index in [1.807, 2.05) is 7.05 Å². The van der Waals surface area contributed by atoms with Crippen LogP contribution < -0.4 is 5.32 Å². The Kier molecular flexibility index (Phi) is 4.65. The van der Waals surface area contributed by atoms with Gasteiger partial charge in [-0.25, -0.2) is 0 Å². The van der Waals surface area contributed by atoms with Crippen molar-refractivity contribution in [1.82, 2.24) is 5.32 Å². The number of hydrogen-bond acceptors (Lipinski definition) is 2. The summed E-state index contributed by atoms with van der Waals surface area (Å²) in [6.45, 7) is 9.11. The number of rotatable bonds is 4. The first kappa shape index (κ1) is 9.92. The predicted octanol–water partition coefficient (Wildman–Crippen LogP) is 1.27. The maximum atomic E-state index is 5.38. The number of ether oxygens (including phenoxy) is 1. The summed E-state index contributed by atoms with van der Waals surface area (Å²) in [6.07, 6.45) is 0. The van der Waals surface area contributed by atoms with Gasteiger partial charge in [-0.05, 0) is 12.5 Å². The van der Waals surface area contributed by atoms with Crippen LogP contribution in [-0.2, 0) is 4.74 Å². The van der Waals surface area contributed by atoms with Crippen molar-refractivity contribution < 1.29 is 4.74 Å². The van der Waals surface area contributed by atoms with Crippen molar-refractivity contribution in [2.24, 2.45) is 5.41 Å². The second-order valence-electron chi connectivity index (χ2n) is 3.72. The van der Waals surface area contributed by atoms with Gasteiger partial charge in [0.2, 0.25) is 0 Å². The highest BCUT2D eigenvalue weighted by Crippen LogP contribution is 2.12. The van der Waals surface area contributed by atoms with E-state index in [0.717, 1.165) is 19.8 Å². The van der Waals surface area contributed by atoms with E-state index in [2.05, 4.69) is 26.1 Å². The third kappa shape index (κ3) is 7.92. The molecule has 0 amide bonds. The van der Waals surface area contributed by atoms with Crippen molar-refractivity contribution in [3.63, 3.8) is 0 Å². The van der Waals surface area contributed by atoms with Crippen molar-refractivity contribution in [1.29, 1.82) is 0 Å². The maximum Gasteiger partial charge on any atom is 0.0591 e. The molecule has 0 heterocycles. The first-order chi connectivity index (χ1) is 4.56. The SMILES string of the molecule is CNCCOCC(C)(C)C. The molecule has 0 aliphatic heterocycles. The molecule has 1 N–H and O–H groups in total. The van der Waals surface area contributed by atoms with Crippen LogP contribution in [-0.4, -0.2) is 26.8 Å². The second-order valence-corrected chi connectivity index (χ2v) is 3.72. The first-order valence-corrected chi connectivity index (χ1v) is 3.78. The molecule has 0 spiro atoms. The Bertz CT molecular complexity index is 75.8. The van der Waals surface area contributed by atoms with E-state index in [-0.39, 0.29) is 0 Å². The van der Waals surface area contributed by atoms with E-state index in [4.69, 9.17) is 4.74 Å². The Morgan fingerprint density at radius 1 is 1.30 bits per heavy atom. The van der Waals surface area contributed by atoms with Crippen LogP contribution in [0.3, 0.4) is 0 Å². The average molecular weight is 145 g/mol. The van der Waals surface area contributed by atoms with Crippen LogP contribution in [0.25, 0.3) is 0 Å². The fourth-order valence-corrected chi connectivity index (χ4v) is 0.553. The van der Waals surface area contributed by atoms with Gasteiger partial charge in [0.05, 0.1) is 13.2 Å². The molecule has 2 heteroatoms. The third-order valence-electron chi connectivity index (χ3n) is 1.03. The molecular formula is C8H19NO.